The van der Waals surface area contributed by atoms with Crippen LogP contribution in [0.5, 0.6) is 0 Å². The summed E-state index contributed by atoms with van der Waals surface area (Å²) in [6.45, 7) is 2.85. The summed E-state index contributed by atoms with van der Waals surface area (Å²) in [7, 11) is 0. The minimum Gasteiger partial charge on any atom is -0.351 e. The van der Waals surface area contributed by atoms with Gasteiger partial charge in [0.1, 0.15) is 0 Å². The number of aromatic nitrogens is 3. The lowest BCUT2D eigenvalue weighted by Gasteiger charge is -2.02. The Labute approximate surface area is 120 Å². The van der Waals surface area contributed by atoms with Crippen LogP contribution in [0.15, 0.2) is 22.9 Å². The van der Waals surface area contributed by atoms with Gasteiger partial charge in [0.15, 0.2) is 11.3 Å². The van der Waals surface area contributed by atoms with Gasteiger partial charge in [-0.25, -0.2) is 9.50 Å². The van der Waals surface area contributed by atoms with Crippen molar-refractivity contribution in [2.45, 2.75) is 32.6 Å². The van der Waals surface area contributed by atoms with Crippen molar-refractivity contribution in [2.24, 2.45) is 0 Å². The first-order valence-electron chi connectivity index (χ1n) is 6.51. The van der Waals surface area contributed by atoms with Crippen molar-refractivity contribution in [3.63, 3.8) is 0 Å². The van der Waals surface area contributed by atoms with Gasteiger partial charge < -0.3 is 5.32 Å². The Morgan fingerprint density at radius 3 is 3.00 bits per heavy atom. The number of halogens is 1. The SMILES string of the molecule is CCCCCCNC(=O)c1nn2cccnc2c1Br. The summed E-state index contributed by atoms with van der Waals surface area (Å²) in [6, 6.07) is 1.78. The van der Waals surface area contributed by atoms with Crippen LogP contribution in [0.1, 0.15) is 43.1 Å². The van der Waals surface area contributed by atoms with E-state index in [1.807, 2.05) is 0 Å². The second-order valence-electron chi connectivity index (χ2n) is 4.37. The number of carbonyl (C=O) groups is 1. The summed E-state index contributed by atoms with van der Waals surface area (Å²) < 4.78 is 2.23. The van der Waals surface area contributed by atoms with Crippen LogP contribution in [-0.4, -0.2) is 27.0 Å². The molecule has 0 saturated heterocycles. The first-order chi connectivity index (χ1) is 9.24. The molecule has 0 saturated carbocycles. The largest absolute Gasteiger partial charge is 0.351 e. The van der Waals surface area contributed by atoms with E-state index in [9.17, 15) is 4.79 Å². The van der Waals surface area contributed by atoms with Crippen molar-refractivity contribution >= 4 is 27.5 Å². The maximum Gasteiger partial charge on any atom is 0.273 e. The van der Waals surface area contributed by atoms with Crippen molar-refractivity contribution in [3.8, 4) is 0 Å². The molecule has 2 heterocycles. The molecule has 1 N–H and O–H groups in total. The molecule has 0 aliphatic carbocycles. The third-order valence-corrected chi connectivity index (χ3v) is 3.60. The van der Waals surface area contributed by atoms with Crippen LogP contribution in [-0.2, 0) is 0 Å². The number of nitrogens with zero attached hydrogens (tertiary/aromatic N) is 3. The van der Waals surface area contributed by atoms with Gasteiger partial charge in [-0.2, -0.15) is 5.10 Å². The Hall–Kier alpha value is -1.43. The molecule has 0 fully saturated rings. The van der Waals surface area contributed by atoms with E-state index in [1.54, 1.807) is 23.0 Å². The number of amides is 1. The van der Waals surface area contributed by atoms with Crippen LogP contribution in [0.25, 0.3) is 5.65 Å². The molecule has 2 rings (SSSR count). The Kier molecular flexibility index (Phi) is 4.90. The molecule has 2 aromatic heterocycles. The zero-order chi connectivity index (χ0) is 13.7. The number of fused-ring (bicyclic) bond motifs is 1. The summed E-state index contributed by atoms with van der Waals surface area (Å²) in [5.74, 6) is -0.158. The van der Waals surface area contributed by atoms with Crippen molar-refractivity contribution in [3.05, 3.63) is 28.6 Å². The quantitative estimate of drug-likeness (QED) is 0.831. The smallest absolute Gasteiger partial charge is 0.273 e. The second-order valence-corrected chi connectivity index (χ2v) is 5.16. The lowest BCUT2D eigenvalue weighted by Crippen LogP contribution is -2.25. The van der Waals surface area contributed by atoms with Crippen molar-refractivity contribution in [1.29, 1.82) is 0 Å². The fourth-order valence-corrected chi connectivity index (χ4v) is 2.38. The Bertz CT molecular complexity index is 567. The standard InChI is InChI=1S/C13H17BrN4O/c1-2-3-4-5-7-16-13(19)11-10(14)12-15-8-6-9-18(12)17-11/h6,8-9H,2-5,7H2,1H3,(H,16,19). The molecule has 19 heavy (non-hydrogen) atoms. The summed E-state index contributed by atoms with van der Waals surface area (Å²) >= 11 is 3.38. The van der Waals surface area contributed by atoms with Crippen LogP contribution in [0.4, 0.5) is 0 Å². The van der Waals surface area contributed by atoms with Crippen LogP contribution in [0, 0.1) is 0 Å². The van der Waals surface area contributed by atoms with Crippen molar-refractivity contribution in [2.75, 3.05) is 6.54 Å². The first kappa shape index (κ1) is 14.0. The third-order valence-electron chi connectivity index (χ3n) is 2.87. The molecule has 5 nitrogen and oxygen atoms in total. The van der Waals surface area contributed by atoms with E-state index in [-0.39, 0.29) is 5.91 Å². The molecule has 2 aromatic rings. The van der Waals surface area contributed by atoms with E-state index in [1.165, 1.54) is 12.8 Å². The number of hydrogen-bond acceptors (Lipinski definition) is 3. The van der Waals surface area contributed by atoms with Crippen molar-refractivity contribution in [1.82, 2.24) is 19.9 Å². The topological polar surface area (TPSA) is 59.3 Å². The zero-order valence-electron chi connectivity index (χ0n) is 10.9. The lowest BCUT2D eigenvalue weighted by molar-refractivity contribution is 0.0947. The number of unbranched alkanes of at least 4 members (excludes halogenated alkanes) is 3. The normalized spacial score (nSPS) is 10.8. The molecule has 0 bridgehead atoms. The molecule has 0 aromatic carbocycles. The monoisotopic (exact) mass is 324 g/mol. The predicted octanol–water partition coefficient (Wildman–Crippen LogP) is 2.80. The van der Waals surface area contributed by atoms with E-state index >= 15 is 0 Å². The highest BCUT2D eigenvalue weighted by Gasteiger charge is 2.17. The minimum absolute atomic E-state index is 0.158. The van der Waals surface area contributed by atoms with E-state index in [0.29, 0.717) is 22.4 Å². The third kappa shape index (κ3) is 3.32. The maximum absolute atomic E-state index is 12.0. The molecule has 1 amide bonds. The van der Waals surface area contributed by atoms with Crippen molar-refractivity contribution < 1.29 is 4.79 Å². The molecular weight excluding hydrogens is 308 g/mol. The van der Waals surface area contributed by atoms with Gasteiger partial charge in [0, 0.05) is 18.9 Å². The molecule has 0 spiro atoms. The first-order valence-corrected chi connectivity index (χ1v) is 7.30. The lowest BCUT2D eigenvalue weighted by atomic mass is 10.2. The van der Waals surface area contributed by atoms with Gasteiger partial charge in [0.05, 0.1) is 4.47 Å². The van der Waals surface area contributed by atoms with Crippen LogP contribution in [0.2, 0.25) is 0 Å². The molecule has 0 radical (unpaired) electrons. The van der Waals surface area contributed by atoms with Gasteiger partial charge in [0.2, 0.25) is 0 Å². The number of hydrogen-bond donors (Lipinski definition) is 1. The highest BCUT2D eigenvalue weighted by molar-refractivity contribution is 9.10. The van der Waals surface area contributed by atoms with Crippen LogP contribution >= 0.6 is 15.9 Å². The highest BCUT2D eigenvalue weighted by Crippen LogP contribution is 2.20. The molecular formula is C13H17BrN4O. The van der Waals surface area contributed by atoms with Crippen LogP contribution in [0.3, 0.4) is 0 Å². The second kappa shape index (κ2) is 6.65. The Balaban J connectivity index is 1.99. The molecule has 0 atom stereocenters. The number of carbonyl (C=O) groups excluding carboxylic acids is 1. The molecule has 6 heteroatoms. The average molecular weight is 325 g/mol. The Morgan fingerprint density at radius 2 is 2.26 bits per heavy atom. The highest BCUT2D eigenvalue weighted by atomic mass is 79.9. The molecule has 0 aliphatic heterocycles. The fourth-order valence-electron chi connectivity index (χ4n) is 1.84. The molecule has 0 aliphatic rings. The number of rotatable bonds is 6. The number of nitrogens with one attached hydrogen (secondary N) is 1. The maximum atomic E-state index is 12.0. The molecule has 0 unspecified atom stereocenters. The fraction of sp³-hybridized carbons (Fsp3) is 0.462. The summed E-state index contributed by atoms with van der Waals surface area (Å²) in [5, 5.41) is 7.11. The molecule has 102 valence electrons. The van der Waals surface area contributed by atoms with E-state index < -0.39 is 0 Å². The van der Waals surface area contributed by atoms with Gasteiger partial charge in [-0.1, -0.05) is 26.2 Å². The summed E-state index contributed by atoms with van der Waals surface area (Å²) in [4.78, 5) is 16.2. The van der Waals surface area contributed by atoms with Gasteiger partial charge in [0.25, 0.3) is 5.91 Å². The van der Waals surface area contributed by atoms with Gasteiger partial charge in [-0.05, 0) is 28.4 Å². The van der Waals surface area contributed by atoms with Crippen LogP contribution < -0.4 is 5.32 Å². The average Bonchev–Trinajstić information content (AvgIpc) is 2.76. The van der Waals surface area contributed by atoms with Gasteiger partial charge in [-0.15, -0.1) is 0 Å². The Morgan fingerprint density at radius 1 is 1.42 bits per heavy atom. The summed E-state index contributed by atoms with van der Waals surface area (Å²) in [5.41, 5.74) is 1.04. The van der Waals surface area contributed by atoms with Gasteiger partial charge in [-0.3, -0.25) is 4.79 Å². The van der Waals surface area contributed by atoms with E-state index in [2.05, 4.69) is 38.3 Å². The minimum atomic E-state index is -0.158. The van der Waals surface area contributed by atoms with E-state index in [0.717, 1.165) is 12.8 Å². The predicted molar refractivity (Wildman–Crippen MR) is 77.2 cm³/mol. The zero-order valence-corrected chi connectivity index (χ0v) is 12.5. The summed E-state index contributed by atoms with van der Waals surface area (Å²) in [6.07, 6.45) is 7.99. The van der Waals surface area contributed by atoms with E-state index in [4.69, 9.17) is 0 Å². The van der Waals surface area contributed by atoms with Gasteiger partial charge >= 0.3 is 0 Å².